The van der Waals surface area contributed by atoms with E-state index in [0.29, 0.717) is 17.4 Å². The third-order valence-electron chi connectivity index (χ3n) is 4.72. The molecule has 1 amide bonds. The molecule has 0 aliphatic carbocycles. The second-order valence-electron chi connectivity index (χ2n) is 7.72. The van der Waals surface area contributed by atoms with Crippen LogP contribution < -0.4 is 10.6 Å². The smallest absolute Gasteiger partial charge is 0.258 e. The lowest BCUT2D eigenvalue weighted by Crippen LogP contribution is -2.27. The fourth-order valence-electron chi connectivity index (χ4n) is 3.06. The van der Waals surface area contributed by atoms with Gasteiger partial charge in [-0.1, -0.05) is 32.9 Å². The van der Waals surface area contributed by atoms with Crippen LogP contribution in [0.15, 0.2) is 24.3 Å². The van der Waals surface area contributed by atoms with Gasteiger partial charge in [-0.05, 0) is 49.0 Å². The number of amides is 1. The van der Waals surface area contributed by atoms with Gasteiger partial charge in [0.25, 0.3) is 5.91 Å². The van der Waals surface area contributed by atoms with Crippen LogP contribution in [-0.4, -0.2) is 33.8 Å². The van der Waals surface area contributed by atoms with Gasteiger partial charge >= 0.3 is 0 Å². The molecule has 7 heteroatoms. The number of halogens is 1. The largest absolute Gasteiger partial charge is 0.317 e. The zero-order chi connectivity index (χ0) is 18.0. The van der Waals surface area contributed by atoms with Gasteiger partial charge in [0.15, 0.2) is 5.82 Å². The molecule has 1 aromatic carbocycles. The predicted octanol–water partition coefficient (Wildman–Crippen LogP) is 3.25. The molecule has 0 bridgehead atoms. The van der Waals surface area contributed by atoms with Gasteiger partial charge in [-0.3, -0.25) is 10.1 Å². The minimum absolute atomic E-state index is 0. The third-order valence-corrected chi connectivity index (χ3v) is 4.72. The molecule has 1 aromatic heterocycles. The summed E-state index contributed by atoms with van der Waals surface area (Å²) in [7, 11) is 1.82. The zero-order valence-corrected chi connectivity index (χ0v) is 16.7. The van der Waals surface area contributed by atoms with E-state index in [2.05, 4.69) is 41.5 Å². The van der Waals surface area contributed by atoms with Crippen molar-refractivity contribution in [2.24, 2.45) is 7.05 Å². The first-order valence-electron chi connectivity index (χ1n) is 8.88. The van der Waals surface area contributed by atoms with Crippen LogP contribution in [0.4, 0.5) is 5.95 Å². The summed E-state index contributed by atoms with van der Waals surface area (Å²) in [5.41, 5.74) is 1.90. The second kappa shape index (κ2) is 8.18. The molecule has 0 spiro atoms. The van der Waals surface area contributed by atoms with Crippen LogP contribution in [0.1, 0.15) is 61.3 Å². The van der Waals surface area contributed by atoms with E-state index in [1.807, 2.05) is 31.3 Å². The van der Waals surface area contributed by atoms with E-state index in [0.717, 1.165) is 31.8 Å². The highest BCUT2D eigenvalue weighted by atomic mass is 35.5. The Hall–Kier alpha value is -1.92. The highest BCUT2D eigenvalue weighted by molar-refractivity contribution is 6.03. The molecule has 6 nitrogen and oxygen atoms in total. The highest BCUT2D eigenvalue weighted by Gasteiger charge is 2.21. The van der Waals surface area contributed by atoms with E-state index >= 15 is 0 Å². The maximum absolute atomic E-state index is 12.5. The highest BCUT2D eigenvalue weighted by Crippen LogP contribution is 2.24. The van der Waals surface area contributed by atoms with Gasteiger partial charge in [-0.2, -0.15) is 10.1 Å². The van der Waals surface area contributed by atoms with Crippen molar-refractivity contribution in [2.45, 2.75) is 44.9 Å². The molecule has 0 atom stereocenters. The molecule has 2 heterocycles. The Balaban J connectivity index is 0.00000243. The molecule has 1 saturated heterocycles. The van der Waals surface area contributed by atoms with Crippen LogP contribution in [0.5, 0.6) is 0 Å². The van der Waals surface area contributed by atoms with Gasteiger partial charge in [0.05, 0.1) is 0 Å². The summed E-state index contributed by atoms with van der Waals surface area (Å²) in [5, 5.41) is 10.7. The van der Waals surface area contributed by atoms with Gasteiger partial charge in [0, 0.05) is 18.5 Å². The van der Waals surface area contributed by atoms with Crippen LogP contribution in [-0.2, 0) is 12.5 Å². The molecule has 2 aromatic rings. The van der Waals surface area contributed by atoms with Crippen LogP contribution in [0.2, 0.25) is 0 Å². The molecule has 26 heavy (non-hydrogen) atoms. The van der Waals surface area contributed by atoms with Crippen molar-refractivity contribution in [1.82, 2.24) is 20.1 Å². The molecule has 0 saturated carbocycles. The zero-order valence-electron chi connectivity index (χ0n) is 15.9. The molecule has 3 rings (SSSR count). The number of nitrogens with one attached hydrogen (secondary N) is 2. The number of anilines is 1. The Morgan fingerprint density at radius 2 is 1.81 bits per heavy atom. The minimum atomic E-state index is -0.159. The first kappa shape index (κ1) is 20.4. The maximum atomic E-state index is 12.5. The van der Waals surface area contributed by atoms with Gasteiger partial charge in [-0.25, -0.2) is 4.68 Å². The van der Waals surface area contributed by atoms with Crippen LogP contribution >= 0.6 is 12.4 Å². The van der Waals surface area contributed by atoms with E-state index < -0.39 is 0 Å². The van der Waals surface area contributed by atoms with Crippen LogP contribution in [0.3, 0.4) is 0 Å². The monoisotopic (exact) mass is 377 g/mol. The Morgan fingerprint density at radius 3 is 2.38 bits per heavy atom. The van der Waals surface area contributed by atoms with Crippen molar-refractivity contribution >= 4 is 24.3 Å². The quantitative estimate of drug-likeness (QED) is 0.861. The number of carbonyl (C=O) groups is 1. The van der Waals surface area contributed by atoms with Crippen LogP contribution in [0, 0.1) is 0 Å². The lowest BCUT2D eigenvalue weighted by Gasteiger charge is -2.19. The molecule has 2 N–H and O–H groups in total. The van der Waals surface area contributed by atoms with Crippen molar-refractivity contribution in [2.75, 3.05) is 18.4 Å². The Labute approximate surface area is 161 Å². The lowest BCUT2D eigenvalue weighted by molar-refractivity contribution is 0.102. The number of hydrogen-bond donors (Lipinski definition) is 2. The summed E-state index contributed by atoms with van der Waals surface area (Å²) in [4.78, 5) is 17.1. The molecule has 1 aliphatic rings. The summed E-state index contributed by atoms with van der Waals surface area (Å²) in [6, 6.07) is 7.73. The minimum Gasteiger partial charge on any atom is -0.317 e. The third kappa shape index (κ3) is 4.62. The van der Waals surface area contributed by atoms with Crippen molar-refractivity contribution in [1.29, 1.82) is 0 Å². The van der Waals surface area contributed by atoms with Gasteiger partial charge in [0.1, 0.15) is 0 Å². The SMILES string of the molecule is Cl.Cn1nc(C2CCNCC2)nc1NC(=O)c1ccc(C(C)(C)C)cc1. The van der Waals surface area contributed by atoms with Gasteiger partial charge < -0.3 is 5.32 Å². The molecular weight excluding hydrogens is 350 g/mol. The van der Waals surface area contributed by atoms with E-state index in [1.165, 1.54) is 5.56 Å². The van der Waals surface area contributed by atoms with Crippen molar-refractivity contribution < 1.29 is 4.79 Å². The first-order valence-corrected chi connectivity index (χ1v) is 8.88. The van der Waals surface area contributed by atoms with E-state index in [4.69, 9.17) is 0 Å². The fraction of sp³-hybridized carbons (Fsp3) is 0.526. The topological polar surface area (TPSA) is 71.8 Å². The maximum Gasteiger partial charge on any atom is 0.258 e. The average Bonchev–Trinajstić information content (AvgIpc) is 2.96. The molecule has 0 unspecified atom stereocenters. The van der Waals surface area contributed by atoms with Crippen molar-refractivity contribution in [3.8, 4) is 0 Å². The Kier molecular flexibility index (Phi) is 6.42. The number of aryl methyl sites for hydroxylation is 1. The fourth-order valence-corrected chi connectivity index (χ4v) is 3.06. The average molecular weight is 378 g/mol. The molecular formula is C19H28ClN5O. The number of aromatic nitrogens is 3. The number of nitrogens with zero attached hydrogens (tertiary/aromatic N) is 3. The number of piperidine rings is 1. The summed E-state index contributed by atoms with van der Waals surface area (Å²) in [5.74, 6) is 1.53. The van der Waals surface area contributed by atoms with E-state index in [1.54, 1.807) is 4.68 Å². The van der Waals surface area contributed by atoms with Crippen molar-refractivity contribution in [3.05, 3.63) is 41.2 Å². The van der Waals surface area contributed by atoms with Gasteiger partial charge in [0.2, 0.25) is 5.95 Å². The standard InChI is InChI=1S/C19H27N5O.ClH/c1-19(2,3)15-7-5-14(6-8-15)17(25)22-18-21-16(23-24(18)4)13-9-11-20-12-10-13;/h5-8,13,20H,9-12H2,1-4H3,(H,21,22,23,25);1H. The van der Waals surface area contributed by atoms with E-state index in [9.17, 15) is 4.79 Å². The van der Waals surface area contributed by atoms with Crippen molar-refractivity contribution in [3.63, 3.8) is 0 Å². The molecule has 0 radical (unpaired) electrons. The first-order chi connectivity index (χ1) is 11.8. The Bertz CT molecular complexity index is 742. The number of hydrogen-bond acceptors (Lipinski definition) is 4. The Morgan fingerprint density at radius 1 is 1.19 bits per heavy atom. The molecule has 142 valence electrons. The summed E-state index contributed by atoms with van der Waals surface area (Å²) in [6.45, 7) is 8.45. The number of benzene rings is 1. The predicted molar refractivity (Wildman–Crippen MR) is 106 cm³/mol. The number of rotatable bonds is 3. The summed E-state index contributed by atoms with van der Waals surface area (Å²) >= 11 is 0. The summed E-state index contributed by atoms with van der Waals surface area (Å²) in [6.07, 6.45) is 2.07. The molecule has 1 aliphatic heterocycles. The normalized spacial score (nSPS) is 15.4. The van der Waals surface area contributed by atoms with Crippen LogP contribution in [0.25, 0.3) is 0 Å². The lowest BCUT2D eigenvalue weighted by atomic mass is 9.87. The van der Waals surface area contributed by atoms with E-state index in [-0.39, 0.29) is 23.7 Å². The summed E-state index contributed by atoms with van der Waals surface area (Å²) < 4.78 is 1.65. The van der Waals surface area contributed by atoms with Gasteiger partial charge in [-0.15, -0.1) is 12.4 Å². The second-order valence-corrected chi connectivity index (χ2v) is 7.72. The molecule has 1 fully saturated rings. The number of carbonyl (C=O) groups excluding carboxylic acids is 1.